The maximum absolute atomic E-state index is 14.2. The molecule has 2 atom stereocenters. The second-order valence-corrected chi connectivity index (χ2v) is 9.67. The van der Waals surface area contributed by atoms with Gasteiger partial charge in [-0.05, 0) is 31.9 Å². The first-order valence-electron chi connectivity index (χ1n) is 8.57. The third-order valence-electron chi connectivity index (χ3n) is 4.91. The van der Waals surface area contributed by atoms with Crippen LogP contribution in [0.2, 0.25) is 0 Å². The standard InChI is InChI=1S/C19H20FNO5S/c1-19(18(22)23,27(2,24)25)11-15-10-17(21-26-15)14-8-7-13(16(20)9-14)6-5-12-3-4-12/h7-9,12,15H,3-4,10-11H2,1-2H3,(H,22,23). The smallest absolute Gasteiger partial charge is 0.324 e. The molecule has 0 aromatic heterocycles. The average Bonchev–Trinajstić information content (AvgIpc) is 3.29. The summed E-state index contributed by atoms with van der Waals surface area (Å²) in [6.07, 6.45) is 2.24. The fourth-order valence-corrected chi connectivity index (χ4v) is 3.55. The molecule has 1 aliphatic carbocycles. The number of oxime groups is 1. The van der Waals surface area contributed by atoms with Gasteiger partial charge in [0.15, 0.2) is 14.6 Å². The molecule has 0 spiro atoms. The molecule has 1 aromatic carbocycles. The van der Waals surface area contributed by atoms with E-state index in [-0.39, 0.29) is 12.8 Å². The monoisotopic (exact) mass is 393 g/mol. The summed E-state index contributed by atoms with van der Waals surface area (Å²) in [7, 11) is -3.86. The molecule has 1 fully saturated rings. The number of carbonyl (C=O) groups is 1. The zero-order chi connectivity index (χ0) is 19.8. The number of hydrogen-bond acceptors (Lipinski definition) is 5. The molecule has 27 heavy (non-hydrogen) atoms. The Hall–Kier alpha value is -2.40. The minimum Gasteiger partial charge on any atom is -0.480 e. The van der Waals surface area contributed by atoms with Gasteiger partial charge in [0.05, 0.1) is 11.3 Å². The summed E-state index contributed by atoms with van der Waals surface area (Å²) in [5, 5.41) is 13.2. The van der Waals surface area contributed by atoms with Gasteiger partial charge in [-0.15, -0.1) is 0 Å². The van der Waals surface area contributed by atoms with Crippen molar-refractivity contribution in [3.8, 4) is 11.8 Å². The second kappa shape index (κ2) is 6.97. The van der Waals surface area contributed by atoms with Gasteiger partial charge in [0, 0.05) is 30.6 Å². The topological polar surface area (TPSA) is 93.0 Å². The van der Waals surface area contributed by atoms with E-state index < -0.39 is 32.5 Å². The van der Waals surface area contributed by atoms with Gasteiger partial charge in [0.25, 0.3) is 0 Å². The lowest BCUT2D eigenvalue weighted by molar-refractivity contribution is -0.140. The zero-order valence-corrected chi connectivity index (χ0v) is 15.8. The zero-order valence-electron chi connectivity index (χ0n) is 15.0. The lowest BCUT2D eigenvalue weighted by Gasteiger charge is -2.24. The number of nitrogens with zero attached hydrogens (tertiary/aromatic N) is 1. The summed E-state index contributed by atoms with van der Waals surface area (Å²) in [6.45, 7) is 1.15. The van der Waals surface area contributed by atoms with Crippen LogP contribution in [0.25, 0.3) is 0 Å². The third-order valence-corrected chi connectivity index (χ3v) is 6.89. The van der Waals surface area contributed by atoms with E-state index in [9.17, 15) is 22.7 Å². The first-order valence-corrected chi connectivity index (χ1v) is 10.5. The van der Waals surface area contributed by atoms with E-state index in [1.54, 1.807) is 12.1 Å². The Bertz CT molecular complexity index is 972. The molecule has 1 saturated carbocycles. The number of aliphatic carboxylic acids is 1. The van der Waals surface area contributed by atoms with Gasteiger partial charge in [-0.25, -0.2) is 12.8 Å². The van der Waals surface area contributed by atoms with Crippen LogP contribution in [0.4, 0.5) is 4.39 Å². The number of hydrogen-bond donors (Lipinski definition) is 1. The van der Waals surface area contributed by atoms with Crippen molar-refractivity contribution in [1.82, 2.24) is 0 Å². The largest absolute Gasteiger partial charge is 0.480 e. The van der Waals surface area contributed by atoms with Crippen LogP contribution in [0.1, 0.15) is 43.7 Å². The summed E-state index contributed by atoms with van der Waals surface area (Å²) >= 11 is 0. The van der Waals surface area contributed by atoms with E-state index >= 15 is 0 Å². The molecule has 2 unspecified atom stereocenters. The Kier molecular flexibility index (Phi) is 5.00. The minimum absolute atomic E-state index is 0.199. The second-order valence-electron chi connectivity index (χ2n) is 7.22. The van der Waals surface area contributed by atoms with Crippen LogP contribution in [0.5, 0.6) is 0 Å². The predicted molar refractivity (Wildman–Crippen MR) is 97.5 cm³/mol. The van der Waals surface area contributed by atoms with E-state index in [1.165, 1.54) is 6.07 Å². The van der Waals surface area contributed by atoms with E-state index in [2.05, 4.69) is 17.0 Å². The minimum atomic E-state index is -3.86. The van der Waals surface area contributed by atoms with Crippen molar-refractivity contribution in [2.45, 2.75) is 43.5 Å². The molecule has 3 rings (SSSR count). The summed E-state index contributed by atoms with van der Waals surface area (Å²) in [5.74, 6) is 4.31. The highest BCUT2D eigenvalue weighted by Gasteiger charge is 2.47. The van der Waals surface area contributed by atoms with Gasteiger partial charge in [0.2, 0.25) is 0 Å². The predicted octanol–water partition coefficient (Wildman–Crippen LogP) is 2.36. The SMILES string of the molecule is CC(CC1CC(c2ccc(C#CC3CC3)c(F)c2)=NO1)(C(=O)O)S(C)(=O)=O. The van der Waals surface area contributed by atoms with Crippen molar-refractivity contribution >= 4 is 21.5 Å². The lowest BCUT2D eigenvalue weighted by Crippen LogP contribution is -2.45. The molecular formula is C19H20FNO5S. The van der Waals surface area contributed by atoms with Crippen LogP contribution < -0.4 is 0 Å². The Morgan fingerprint density at radius 2 is 2.15 bits per heavy atom. The normalized spacial score (nSPS) is 21.4. The average molecular weight is 393 g/mol. The molecule has 6 nitrogen and oxygen atoms in total. The number of rotatable bonds is 5. The fourth-order valence-electron chi connectivity index (χ4n) is 2.74. The molecule has 0 amide bonds. The van der Waals surface area contributed by atoms with E-state index in [0.29, 0.717) is 22.8 Å². The fraction of sp³-hybridized carbons (Fsp3) is 0.474. The molecule has 0 saturated heterocycles. The molecule has 1 heterocycles. The summed E-state index contributed by atoms with van der Waals surface area (Å²) in [6, 6.07) is 4.57. The highest BCUT2D eigenvalue weighted by Crippen LogP contribution is 2.30. The Labute approximate surface area is 157 Å². The summed E-state index contributed by atoms with van der Waals surface area (Å²) < 4.78 is 36.1. The Morgan fingerprint density at radius 3 is 2.70 bits per heavy atom. The van der Waals surface area contributed by atoms with Crippen LogP contribution in [-0.2, 0) is 19.5 Å². The van der Waals surface area contributed by atoms with Gasteiger partial charge >= 0.3 is 5.97 Å². The molecule has 0 bridgehead atoms. The Morgan fingerprint density at radius 1 is 1.44 bits per heavy atom. The van der Waals surface area contributed by atoms with Crippen LogP contribution in [0.3, 0.4) is 0 Å². The quantitative estimate of drug-likeness (QED) is 0.775. The summed E-state index contributed by atoms with van der Waals surface area (Å²) in [5.41, 5.74) is 1.27. The molecule has 0 radical (unpaired) electrons. The van der Waals surface area contributed by atoms with Crippen molar-refractivity contribution in [2.24, 2.45) is 11.1 Å². The number of carboxylic acid groups (broad SMARTS) is 1. The lowest BCUT2D eigenvalue weighted by atomic mass is 9.96. The highest BCUT2D eigenvalue weighted by atomic mass is 32.2. The molecule has 2 aliphatic rings. The molecular weight excluding hydrogens is 373 g/mol. The molecule has 1 aliphatic heterocycles. The van der Waals surface area contributed by atoms with Gasteiger partial charge in [-0.1, -0.05) is 23.1 Å². The number of halogens is 1. The van der Waals surface area contributed by atoms with E-state index in [1.807, 2.05) is 0 Å². The van der Waals surface area contributed by atoms with Crippen molar-refractivity contribution in [3.63, 3.8) is 0 Å². The molecule has 8 heteroatoms. The van der Waals surface area contributed by atoms with Crippen molar-refractivity contribution in [1.29, 1.82) is 0 Å². The summed E-state index contributed by atoms with van der Waals surface area (Å²) in [4.78, 5) is 16.7. The molecule has 144 valence electrons. The van der Waals surface area contributed by atoms with Crippen molar-refractivity contribution in [2.75, 3.05) is 6.26 Å². The van der Waals surface area contributed by atoms with E-state index in [4.69, 9.17) is 4.84 Å². The maximum Gasteiger partial charge on any atom is 0.324 e. The van der Waals surface area contributed by atoms with Gasteiger partial charge in [0.1, 0.15) is 11.9 Å². The van der Waals surface area contributed by atoms with Crippen molar-refractivity contribution in [3.05, 3.63) is 35.1 Å². The highest BCUT2D eigenvalue weighted by molar-refractivity contribution is 7.92. The maximum atomic E-state index is 14.2. The first-order chi connectivity index (χ1) is 12.6. The van der Waals surface area contributed by atoms with Crippen LogP contribution >= 0.6 is 0 Å². The van der Waals surface area contributed by atoms with Gasteiger partial charge in [-0.3, -0.25) is 4.79 Å². The number of sulfone groups is 1. The molecule has 1 aromatic rings. The van der Waals surface area contributed by atoms with Crippen molar-refractivity contribution < 1.29 is 27.5 Å². The first kappa shape index (κ1) is 19.4. The van der Waals surface area contributed by atoms with Crippen LogP contribution in [0.15, 0.2) is 23.4 Å². The third kappa shape index (κ3) is 4.14. The number of benzene rings is 1. The van der Waals surface area contributed by atoms with Gasteiger partial charge < -0.3 is 9.94 Å². The van der Waals surface area contributed by atoms with Crippen LogP contribution in [-0.4, -0.2) is 42.3 Å². The van der Waals surface area contributed by atoms with Gasteiger partial charge in [-0.2, -0.15) is 0 Å². The van der Waals surface area contributed by atoms with E-state index in [0.717, 1.165) is 26.0 Å². The number of carboxylic acids is 1. The molecule has 1 N–H and O–H groups in total. The Balaban J connectivity index is 1.71. The van der Waals surface area contributed by atoms with Crippen LogP contribution in [0, 0.1) is 23.6 Å².